The lowest BCUT2D eigenvalue weighted by Gasteiger charge is -2.11. The largest absolute Gasteiger partial charge is 0.240 e. The van der Waals surface area contributed by atoms with Gasteiger partial charge in [0, 0.05) is 11.6 Å². The predicted octanol–water partition coefficient (Wildman–Crippen LogP) is 3.32. The zero-order valence-electron chi connectivity index (χ0n) is 11.3. The molecule has 0 saturated carbocycles. The minimum Gasteiger partial charge on any atom is -0.211 e. The van der Waals surface area contributed by atoms with Gasteiger partial charge >= 0.3 is 0 Å². The second kappa shape index (κ2) is 6.57. The first-order chi connectivity index (χ1) is 9.47. The number of hydrogen-bond acceptors (Lipinski definition) is 2. The Labute approximate surface area is 125 Å². The molecule has 0 spiro atoms. The summed E-state index contributed by atoms with van der Waals surface area (Å²) in [4.78, 5) is 0.294. The second-order valence-corrected chi connectivity index (χ2v) is 6.91. The Morgan fingerprint density at radius 1 is 1.25 bits per heavy atom. The van der Waals surface area contributed by atoms with E-state index in [1.165, 1.54) is 0 Å². The van der Waals surface area contributed by atoms with Gasteiger partial charge in [0.25, 0.3) is 0 Å². The number of sulfonamides is 1. The van der Waals surface area contributed by atoms with Crippen molar-refractivity contribution in [2.24, 2.45) is 0 Å². The van der Waals surface area contributed by atoms with Gasteiger partial charge in [0.05, 0.1) is 4.90 Å². The van der Waals surface area contributed by atoms with E-state index in [2.05, 4.69) is 4.72 Å². The average Bonchev–Trinajstić information content (AvgIpc) is 2.39. The number of allylic oxidation sites excluding steroid dienone is 3. The summed E-state index contributed by atoms with van der Waals surface area (Å²) < 4.78 is 26.7. The van der Waals surface area contributed by atoms with Gasteiger partial charge in [0.1, 0.15) is 0 Å². The van der Waals surface area contributed by atoms with Gasteiger partial charge in [-0.05, 0) is 44.4 Å². The maximum Gasteiger partial charge on any atom is 0.240 e. The van der Waals surface area contributed by atoms with Crippen molar-refractivity contribution in [3.05, 3.63) is 59.0 Å². The summed E-state index contributed by atoms with van der Waals surface area (Å²) in [6.07, 6.45) is 7.27. The first-order valence-corrected chi connectivity index (χ1v) is 8.29. The zero-order chi connectivity index (χ0) is 14.6. The number of aryl methyl sites for hydroxylation is 1. The summed E-state index contributed by atoms with van der Waals surface area (Å²) in [5, 5.41) is 0.712. The molecule has 0 bridgehead atoms. The highest BCUT2D eigenvalue weighted by Gasteiger charge is 2.13. The molecule has 1 radical (unpaired) electrons. The van der Waals surface area contributed by atoms with Crippen LogP contribution in [0.4, 0.5) is 0 Å². The van der Waals surface area contributed by atoms with E-state index >= 15 is 0 Å². The van der Waals surface area contributed by atoms with Crippen molar-refractivity contribution in [2.45, 2.75) is 24.7 Å². The van der Waals surface area contributed by atoms with Crippen LogP contribution in [-0.4, -0.2) is 15.0 Å². The Kier molecular flexibility index (Phi) is 5.02. The van der Waals surface area contributed by atoms with Crippen LogP contribution in [0.5, 0.6) is 0 Å². The van der Waals surface area contributed by atoms with Crippen molar-refractivity contribution >= 4 is 21.6 Å². The lowest BCUT2D eigenvalue weighted by molar-refractivity contribution is 0.581. The first-order valence-electron chi connectivity index (χ1n) is 6.43. The van der Waals surface area contributed by atoms with Gasteiger partial charge < -0.3 is 0 Å². The molecule has 0 aromatic heterocycles. The molecule has 3 nitrogen and oxygen atoms in total. The molecular weight excluding hydrogens is 294 g/mol. The summed E-state index contributed by atoms with van der Waals surface area (Å²) in [6.45, 7) is 2.29. The topological polar surface area (TPSA) is 46.2 Å². The Hall–Kier alpha value is -1.10. The molecule has 0 atom stereocenters. The highest BCUT2D eigenvalue weighted by atomic mass is 35.5. The molecule has 0 saturated heterocycles. The van der Waals surface area contributed by atoms with Gasteiger partial charge in [0.15, 0.2) is 0 Å². The Morgan fingerprint density at radius 2 is 1.95 bits per heavy atom. The fraction of sp³-hybridized carbons (Fsp3) is 0.267. The highest BCUT2D eigenvalue weighted by molar-refractivity contribution is 7.89. The van der Waals surface area contributed by atoms with Gasteiger partial charge in [-0.3, -0.25) is 0 Å². The van der Waals surface area contributed by atoms with Crippen LogP contribution in [0.15, 0.2) is 51.9 Å². The fourth-order valence-corrected chi connectivity index (χ4v) is 3.18. The van der Waals surface area contributed by atoms with E-state index in [1.54, 1.807) is 24.3 Å². The molecule has 107 valence electrons. The molecule has 0 aliphatic heterocycles. The maximum absolute atomic E-state index is 12.1. The van der Waals surface area contributed by atoms with Gasteiger partial charge in [-0.25, -0.2) is 13.1 Å². The third-order valence-electron chi connectivity index (χ3n) is 3.05. The van der Waals surface area contributed by atoms with E-state index in [0.29, 0.717) is 22.9 Å². The number of hydrogen-bond donors (Lipinski definition) is 1. The van der Waals surface area contributed by atoms with Crippen molar-refractivity contribution in [1.29, 1.82) is 0 Å². The predicted molar refractivity (Wildman–Crippen MR) is 81.9 cm³/mol. The van der Waals surface area contributed by atoms with Gasteiger partial charge in [-0.1, -0.05) is 40.9 Å². The van der Waals surface area contributed by atoms with Gasteiger partial charge in [0.2, 0.25) is 10.0 Å². The van der Waals surface area contributed by atoms with Crippen LogP contribution in [0.25, 0.3) is 0 Å². The highest BCUT2D eigenvalue weighted by Crippen LogP contribution is 2.21. The first kappa shape index (κ1) is 15.3. The molecule has 1 aromatic carbocycles. The summed E-state index contributed by atoms with van der Waals surface area (Å²) in [5.41, 5.74) is 2.09. The molecule has 0 unspecified atom stereocenters. The van der Waals surface area contributed by atoms with Crippen molar-refractivity contribution < 1.29 is 8.42 Å². The molecule has 5 heteroatoms. The molecule has 1 N–H and O–H groups in total. The number of benzene rings is 1. The molecule has 0 amide bonds. The summed E-state index contributed by atoms with van der Waals surface area (Å²) >= 11 is 5.92. The van der Waals surface area contributed by atoms with Crippen molar-refractivity contribution in [3.63, 3.8) is 0 Å². The summed E-state index contributed by atoms with van der Waals surface area (Å²) in [7, 11) is -3.43. The maximum atomic E-state index is 12.1. The van der Waals surface area contributed by atoms with Gasteiger partial charge in [-0.15, -0.1) is 0 Å². The van der Waals surface area contributed by atoms with Crippen LogP contribution < -0.4 is 4.72 Å². The smallest absolute Gasteiger partial charge is 0.211 e. The van der Waals surface area contributed by atoms with Crippen LogP contribution in [0.1, 0.15) is 18.4 Å². The van der Waals surface area contributed by atoms with E-state index in [9.17, 15) is 8.42 Å². The SMILES string of the molecule is Cc1ccc(S(=O)(=O)NCCC2=CC(Cl)=CC[CH]2)cc1. The van der Waals surface area contributed by atoms with Crippen molar-refractivity contribution in [1.82, 2.24) is 4.72 Å². The quantitative estimate of drug-likeness (QED) is 0.907. The van der Waals surface area contributed by atoms with E-state index in [4.69, 9.17) is 11.6 Å². The molecule has 0 heterocycles. The lowest BCUT2D eigenvalue weighted by Crippen LogP contribution is -2.25. The Bertz CT molecular complexity index is 630. The molecule has 2 rings (SSSR count). The summed E-state index contributed by atoms with van der Waals surface area (Å²) in [5.74, 6) is 0. The van der Waals surface area contributed by atoms with Crippen molar-refractivity contribution in [2.75, 3.05) is 6.54 Å². The number of halogens is 1. The van der Waals surface area contributed by atoms with Crippen molar-refractivity contribution in [3.8, 4) is 0 Å². The molecule has 20 heavy (non-hydrogen) atoms. The van der Waals surface area contributed by atoms with Crippen LogP contribution in [0.2, 0.25) is 0 Å². The fourth-order valence-electron chi connectivity index (χ4n) is 1.92. The second-order valence-electron chi connectivity index (χ2n) is 4.71. The number of nitrogens with one attached hydrogen (secondary N) is 1. The minimum absolute atomic E-state index is 0.294. The average molecular weight is 311 g/mol. The lowest BCUT2D eigenvalue weighted by atomic mass is 10.0. The molecule has 1 aliphatic carbocycles. The van der Waals surface area contributed by atoms with E-state index in [0.717, 1.165) is 17.6 Å². The normalized spacial score (nSPS) is 15.7. The molecule has 1 aromatic rings. The molecule has 1 aliphatic rings. The number of rotatable bonds is 5. The monoisotopic (exact) mass is 310 g/mol. The van der Waals surface area contributed by atoms with Crippen LogP contribution in [0.3, 0.4) is 0 Å². The van der Waals surface area contributed by atoms with Crippen LogP contribution >= 0.6 is 11.6 Å². The van der Waals surface area contributed by atoms with E-state index in [1.807, 2.05) is 25.5 Å². The third-order valence-corrected chi connectivity index (χ3v) is 4.79. The Morgan fingerprint density at radius 3 is 2.60 bits per heavy atom. The Balaban J connectivity index is 1.93. The van der Waals surface area contributed by atoms with Crippen LogP contribution in [0, 0.1) is 13.3 Å². The van der Waals surface area contributed by atoms with E-state index < -0.39 is 10.0 Å². The molecular formula is C15H17ClNO2S. The van der Waals surface area contributed by atoms with Crippen LogP contribution in [-0.2, 0) is 10.0 Å². The summed E-state index contributed by atoms with van der Waals surface area (Å²) in [6, 6.07) is 6.81. The zero-order valence-corrected chi connectivity index (χ0v) is 12.8. The van der Waals surface area contributed by atoms with E-state index in [-0.39, 0.29) is 0 Å². The minimum atomic E-state index is -3.43. The van der Waals surface area contributed by atoms with Gasteiger partial charge in [-0.2, -0.15) is 0 Å². The third kappa shape index (κ3) is 4.20. The standard InChI is InChI=1S/C15H17ClNO2S/c1-12-5-7-15(8-6-12)20(18,19)17-10-9-13-3-2-4-14(16)11-13/h3-8,11,17H,2,9-10H2,1H3. The molecule has 0 fully saturated rings.